The summed E-state index contributed by atoms with van der Waals surface area (Å²) in [6.45, 7) is 1.95. The van der Waals surface area contributed by atoms with Gasteiger partial charge in [0.1, 0.15) is 0 Å². The number of H-pyrrole nitrogens is 1. The molecule has 3 N–H and O–H groups in total. The van der Waals surface area contributed by atoms with Gasteiger partial charge in [0.25, 0.3) is 0 Å². The highest BCUT2D eigenvalue weighted by Gasteiger charge is 2.18. The molecule has 7 nitrogen and oxygen atoms in total. The predicted octanol–water partition coefficient (Wildman–Crippen LogP) is 2.35. The van der Waals surface area contributed by atoms with E-state index in [0.717, 1.165) is 4.88 Å². The van der Waals surface area contributed by atoms with Crippen LogP contribution in [0.4, 0.5) is 5.95 Å². The first-order chi connectivity index (χ1) is 9.22. The smallest absolute Gasteiger partial charge is 0.240 e. The fourth-order valence-corrected chi connectivity index (χ4v) is 2.84. The minimum atomic E-state index is -0.0450. The summed E-state index contributed by atoms with van der Waals surface area (Å²) in [5.41, 5.74) is 5.47. The van der Waals surface area contributed by atoms with E-state index in [0.29, 0.717) is 22.8 Å². The fourth-order valence-electron chi connectivity index (χ4n) is 1.43. The molecule has 0 fully saturated rings. The summed E-state index contributed by atoms with van der Waals surface area (Å²) in [6, 6.07) is 3.90. The van der Waals surface area contributed by atoms with Gasteiger partial charge < -0.3 is 10.3 Å². The lowest BCUT2D eigenvalue weighted by molar-refractivity contribution is 0.381. The molecule has 19 heavy (non-hydrogen) atoms. The molecule has 0 bridgehead atoms. The average molecular weight is 294 g/mol. The Hall–Kier alpha value is -1.87. The average Bonchev–Trinajstić information content (AvgIpc) is 3.08. The number of nitrogens with two attached hydrogens (primary N) is 1. The number of aromatic amines is 1. The topological polar surface area (TPSA) is 107 Å². The maximum atomic E-state index is 5.47. The normalized spacial score (nSPS) is 12.7. The van der Waals surface area contributed by atoms with Crippen molar-refractivity contribution >= 4 is 29.0 Å². The highest BCUT2D eigenvalue weighted by atomic mass is 32.2. The van der Waals surface area contributed by atoms with Crippen molar-refractivity contribution in [3.8, 4) is 10.7 Å². The van der Waals surface area contributed by atoms with Gasteiger partial charge in [-0.15, -0.1) is 16.4 Å². The van der Waals surface area contributed by atoms with Crippen LogP contribution in [0.25, 0.3) is 10.7 Å². The number of hydrogen-bond donors (Lipinski definition) is 2. The molecular formula is C10H10N6OS2. The summed E-state index contributed by atoms with van der Waals surface area (Å²) < 4.78 is 5.26. The highest BCUT2D eigenvalue weighted by molar-refractivity contribution is 7.99. The van der Waals surface area contributed by atoms with Crippen molar-refractivity contribution < 1.29 is 4.52 Å². The maximum Gasteiger partial charge on any atom is 0.240 e. The van der Waals surface area contributed by atoms with E-state index in [2.05, 4.69) is 25.3 Å². The van der Waals surface area contributed by atoms with E-state index in [9.17, 15) is 0 Å². The van der Waals surface area contributed by atoms with Gasteiger partial charge in [-0.3, -0.25) is 0 Å². The van der Waals surface area contributed by atoms with Gasteiger partial charge in [-0.1, -0.05) is 23.0 Å². The number of thioether (sulfide) groups is 1. The van der Waals surface area contributed by atoms with Crippen LogP contribution < -0.4 is 5.73 Å². The first-order valence-electron chi connectivity index (χ1n) is 5.44. The number of aromatic nitrogens is 5. The summed E-state index contributed by atoms with van der Waals surface area (Å²) in [6.07, 6.45) is 0. The summed E-state index contributed by atoms with van der Waals surface area (Å²) >= 11 is 2.97. The number of nitrogen functional groups attached to an aromatic ring is 1. The minimum absolute atomic E-state index is 0.0450. The van der Waals surface area contributed by atoms with Gasteiger partial charge in [-0.05, 0) is 18.4 Å². The number of anilines is 1. The standard InChI is InChI=1S/C10H10N6OS2/c1-5(19-10-13-9(11)14-15-10)8-12-7(16-17-8)6-3-2-4-18-6/h2-5H,1H3,(H3,11,13,14,15)/t5-/m0/s1. The number of nitrogens with zero attached hydrogens (tertiary/aromatic N) is 4. The Bertz CT molecular complexity index is 661. The minimum Gasteiger partial charge on any atom is -0.368 e. The van der Waals surface area contributed by atoms with Gasteiger partial charge in [0.2, 0.25) is 22.8 Å². The lowest BCUT2D eigenvalue weighted by atomic mass is 10.4. The van der Waals surface area contributed by atoms with Crippen molar-refractivity contribution in [2.75, 3.05) is 5.73 Å². The molecule has 0 radical (unpaired) electrons. The van der Waals surface area contributed by atoms with Gasteiger partial charge in [0, 0.05) is 0 Å². The Morgan fingerprint density at radius 2 is 2.37 bits per heavy atom. The Morgan fingerprint density at radius 1 is 1.47 bits per heavy atom. The number of hydrogen-bond acceptors (Lipinski definition) is 8. The molecule has 3 aromatic rings. The third-order valence-corrected chi connectivity index (χ3v) is 4.11. The molecule has 3 aromatic heterocycles. The predicted molar refractivity (Wildman–Crippen MR) is 72.7 cm³/mol. The third kappa shape index (κ3) is 2.61. The SMILES string of the molecule is C[C@H](Sc1n[nH]c(N)n1)c1nc(-c2cccs2)no1. The summed E-state index contributed by atoms with van der Waals surface area (Å²) in [7, 11) is 0. The largest absolute Gasteiger partial charge is 0.368 e. The molecule has 0 amide bonds. The number of rotatable bonds is 4. The third-order valence-electron chi connectivity index (χ3n) is 2.30. The Morgan fingerprint density at radius 3 is 3.05 bits per heavy atom. The molecule has 0 saturated carbocycles. The Labute approximate surface area is 116 Å². The summed E-state index contributed by atoms with van der Waals surface area (Å²) in [5, 5.41) is 13.0. The van der Waals surface area contributed by atoms with Crippen molar-refractivity contribution in [1.29, 1.82) is 0 Å². The molecule has 0 saturated heterocycles. The lowest BCUT2D eigenvalue weighted by Gasteiger charge is -2.00. The van der Waals surface area contributed by atoms with Gasteiger partial charge in [0.05, 0.1) is 10.1 Å². The van der Waals surface area contributed by atoms with Crippen LogP contribution in [0.2, 0.25) is 0 Å². The molecule has 0 aliphatic carbocycles. The van der Waals surface area contributed by atoms with E-state index in [-0.39, 0.29) is 5.25 Å². The monoisotopic (exact) mass is 294 g/mol. The molecule has 0 aromatic carbocycles. The van der Waals surface area contributed by atoms with Crippen LogP contribution in [-0.2, 0) is 0 Å². The van der Waals surface area contributed by atoms with Gasteiger partial charge in [0.15, 0.2) is 0 Å². The van der Waals surface area contributed by atoms with E-state index < -0.39 is 0 Å². The van der Waals surface area contributed by atoms with Crippen LogP contribution >= 0.6 is 23.1 Å². The van der Waals surface area contributed by atoms with Crippen molar-refractivity contribution in [3.63, 3.8) is 0 Å². The van der Waals surface area contributed by atoms with Crippen molar-refractivity contribution in [1.82, 2.24) is 25.3 Å². The van der Waals surface area contributed by atoms with Crippen molar-refractivity contribution in [3.05, 3.63) is 23.4 Å². The Kier molecular flexibility index (Phi) is 3.22. The molecule has 3 heterocycles. The molecule has 3 rings (SSSR count). The van der Waals surface area contributed by atoms with E-state index in [4.69, 9.17) is 10.3 Å². The van der Waals surface area contributed by atoms with Crippen LogP contribution in [0.3, 0.4) is 0 Å². The summed E-state index contributed by atoms with van der Waals surface area (Å²) in [5.74, 6) is 1.43. The van der Waals surface area contributed by atoms with E-state index in [1.54, 1.807) is 11.3 Å². The zero-order valence-corrected chi connectivity index (χ0v) is 11.5. The molecule has 0 spiro atoms. The molecule has 0 unspecified atom stereocenters. The van der Waals surface area contributed by atoms with Crippen molar-refractivity contribution in [2.45, 2.75) is 17.3 Å². The maximum absolute atomic E-state index is 5.47. The quantitative estimate of drug-likeness (QED) is 0.711. The van der Waals surface area contributed by atoms with Crippen LogP contribution in [0.1, 0.15) is 18.1 Å². The molecule has 0 aliphatic rings. The number of thiophene rings is 1. The van der Waals surface area contributed by atoms with Gasteiger partial charge in [-0.2, -0.15) is 9.97 Å². The Balaban J connectivity index is 1.75. The van der Waals surface area contributed by atoms with Crippen LogP contribution in [-0.4, -0.2) is 25.3 Å². The van der Waals surface area contributed by atoms with E-state index >= 15 is 0 Å². The first kappa shape index (κ1) is 12.2. The van der Waals surface area contributed by atoms with E-state index in [1.165, 1.54) is 11.8 Å². The molecule has 9 heteroatoms. The van der Waals surface area contributed by atoms with Crippen LogP contribution in [0.5, 0.6) is 0 Å². The fraction of sp³-hybridized carbons (Fsp3) is 0.200. The first-order valence-corrected chi connectivity index (χ1v) is 7.20. The number of nitrogens with one attached hydrogen (secondary N) is 1. The van der Waals surface area contributed by atoms with Crippen LogP contribution in [0.15, 0.2) is 27.2 Å². The molecule has 1 atom stereocenters. The second-order valence-corrected chi connectivity index (χ2v) is 5.95. The zero-order chi connectivity index (χ0) is 13.2. The van der Waals surface area contributed by atoms with Crippen LogP contribution in [0, 0.1) is 0 Å². The van der Waals surface area contributed by atoms with E-state index in [1.807, 2.05) is 24.4 Å². The molecule has 98 valence electrons. The van der Waals surface area contributed by atoms with Gasteiger partial charge >= 0.3 is 0 Å². The summed E-state index contributed by atoms with van der Waals surface area (Å²) in [4.78, 5) is 9.37. The molecular weight excluding hydrogens is 284 g/mol. The van der Waals surface area contributed by atoms with Crippen molar-refractivity contribution in [2.24, 2.45) is 0 Å². The van der Waals surface area contributed by atoms with Gasteiger partial charge in [-0.25, -0.2) is 5.10 Å². The molecule has 0 aliphatic heterocycles. The lowest BCUT2D eigenvalue weighted by Crippen LogP contribution is -1.90. The highest BCUT2D eigenvalue weighted by Crippen LogP contribution is 2.33. The zero-order valence-electron chi connectivity index (χ0n) is 9.90. The second kappa shape index (κ2) is 5.02. The second-order valence-electron chi connectivity index (χ2n) is 3.70.